The van der Waals surface area contributed by atoms with Gasteiger partial charge in [0.1, 0.15) is 9.88 Å². The van der Waals surface area contributed by atoms with Crippen LogP contribution in [0.1, 0.15) is 29.4 Å². The third kappa shape index (κ3) is 4.66. The Hall–Kier alpha value is -1.21. The third-order valence-corrected chi connectivity index (χ3v) is 5.10. The van der Waals surface area contributed by atoms with Gasteiger partial charge in [-0.25, -0.2) is 4.98 Å². The molecular formula is C16H22Cl2N4OS. The van der Waals surface area contributed by atoms with Crippen LogP contribution in [0.15, 0.2) is 30.6 Å². The number of carbonyl (C=O) groups excluding carboxylic acids is 1. The zero-order chi connectivity index (χ0) is 15.5. The molecule has 3 heterocycles. The average Bonchev–Trinajstić information content (AvgIpc) is 3.05. The maximum absolute atomic E-state index is 12.6. The summed E-state index contributed by atoms with van der Waals surface area (Å²) in [5, 5.41) is 0.782. The predicted octanol–water partition coefficient (Wildman–Crippen LogP) is 3.25. The summed E-state index contributed by atoms with van der Waals surface area (Å²) in [6, 6.07) is 5.81. The first kappa shape index (κ1) is 20.8. The second kappa shape index (κ2) is 9.32. The second-order valence-corrected chi connectivity index (χ2v) is 6.79. The summed E-state index contributed by atoms with van der Waals surface area (Å²) in [5.74, 6) is 0.450. The number of aromatic nitrogens is 2. The number of nitrogens with two attached hydrogens (primary N) is 1. The number of hydrogen-bond acceptors (Lipinski definition) is 5. The van der Waals surface area contributed by atoms with Gasteiger partial charge in [0.2, 0.25) is 0 Å². The quantitative estimate of drug-likeness (QED) is 0.875. The number of rotatable bonds is 3. The van der Waals surface area contributed by atoms with Crippen molar-refractivity contribution in [1.82, 2.24) is 14.9 Å². The highest BCUT2D eigenvalue weighted by Gasteiger charge is 2.27. The Balaban J connectivity index is 0.00000144. The van der Waals surface area contributed by atoms with Gasteiger partial charge in [-0.15, -0.1) is 36.2 Å². The molecule has 24 heavy (non-hydrogen) atoms. The Morgan fingerprint density at radius 2 is 2.17 bits per heavy atom. The summed E-state index contributed by atoms with van der Waals surface area (Å²) in [5.41, 5.74) is 6.80. The van der Waals surface area contributed by atoms with E-state index >= 15 is 0 Å². The highest BCUT2D eigenvalue weighted by atomic mass is 35.5. The largest absolute Gasteiger partial charge is 0.338 e. The van der Waals surface area contributed by atoms with Crippen molar-refractivity contribution in [3.05, 3.63) is 35.5 Å². The van der Waals surface area contributed by atoms with E-state index in [-0.39, 0.29) is 36.8 Å². The number of amides is 1. The van der Waals surface area contributed by atoms with Gasteiger partial charge >= 0.3 is 0 Å². The van der Waals surface area contributed by atoms with Gasteiger partial charge in [-0.2, -0.15) is 0 Å². The van der Waals surface area contributed by atoms with Gasteiger partial charge in [-0.3, -0.25) is 9.78 Å². The number of carbonyl (C=O) groups is 1. The van der Waals surface area contributed by atoms with Crippen LogP contribution < -0.4 is 5.73 Å². The molecule has 5 nitrogen and oxygen atoms in total. The molecule has 132 valence electrons. The van der Waals surface area contributed by atoms with E-state index in [2.05, 4.69) is 9.97 Å². The number of nitrogens with zero attached hydrogens (tertiary/aromatic N) is 3. The van der Waals surface area contributed by atoms with Crippen molar-refractivity contribution in [3.63, 3.8) is 0 Å². The van der Waals surface area contributed by atoms with Crippen LogP contribution in [0.2, 0.25) is 0 Å². The Morgan fingerprint density at radius 3 is 2.83 bits per heavy atom. The van der Waals surface area contributed by atoms with Crippen LogP contribution in [0.4, 0.5) is 0 Å². The molecule has 0 radical (unpaired) electrons. The zero-order valence-electron chi connectivity index (χ0n) is 13.4. The summed E-state index contributed by atoms with van der Waals surface area (Å²) in [6.07, 6.45) is 5.51. The molecule has 2 atom stereocenters. The number of piperidine rings is 1. The Bertz CT molecular complexity index is 651. The predicted molar refractivity (Wildman–Crippen MR) is 102 cm³/mol. The molecule has 1 saturated heterocycles. The SMILES string of the molecule is CC(N)C1CCCN(C(=O)c2cnc(-c3ccccn3)s2)C1.Cl.Cl. The summed E-state index contributed by atoms with van der Waals surface area (Å²) < 4.78 is 0. The molecule has 2 N–H and O–H groups in total. The van der Waals surface area contributed by atoms with Crippen LogP contribution in [0.5, 0.6) is 0 Å². The van der Waals surface area contributed by atoms with E-state index in [1.54, 1.807) is 12.4 Å². The molecule has 0 bridgehead atoms. The molecule has 2 aromatic rings. The van der Waals surface area contributed by atoms with Crippen molar-refractivity contribution in [1.29, 1.82) is 0 Å². The molecule has 0 aliphatic carbocycles. The lowest BCUT2D eigenvalue weighted by atomic mass is 9.92. The molecular weight excluding hydrogens is 367 g/mol. The van der Waals surface area contributed by atoms with E-state index in [0.717, 1.165) is 36.6 Å². The van der Waals surface area contributed by atoms with Gasteiger partial charge in [0, 0.05) is 25.3 Å². The third-order valence-electron chi connectivity index (χ3n) is 4.09. The van der Waals surface area contributed by atoms with Crippen LogP contribution in [0.3, 0.4) is 0 Å². The fourth-order valence-electron chi connectivity index (χ4n) is 2.76. The van der Waals surface area contributed by atoms with Gasteiger partial charge in [-0.05, 0) is 37.8 Å². The number of hydrogen-bond donors (Lipinski definition) is 1. The molecule has 0 spiro atoms. The molecule has 1 fully saturated rings. The van der Waals surface area contributed by atoms with Gasteiger partial charge in [0.15, 0.2) is 0 Å². The Labute approximate surface area is 158 Å². The van der Waals surface area contributed by atoms with Crippen molar-refractivity contribution in [2.24, 2.45) is 11.7 Å². The zero-order valence-corrected chi connectivity index (χ0v) is 15.9. The minimum Gasteiger partial charge on any atom is -0.338 e. The molecule has 0 aromatic carbocycles. The molecule has 2 aromatic heterocycles. The molecule has 2 unspecified atom stereocenters. The van der Waals surface area contributed by atoms with Crippen molar-refractivity contribution < 1.29 is 4.79 Å². The lowest BCUT2D eigenvalue weighted by Crippen LogP contribution is -2.44. The monoisotopic (exact) mass is 388 g/mol. The standard InChI is InChI=1S/C16H20N4OS.2ClH/c1-11(17)12-5-4-8-20(10-12)16(21)14-9-19-15(22-14)13-6-2-3-7-18-13;;/h2-3,6-7,9,11-12H,4-5,8,10,17H2,1H3;2*1H. The lowest BCUT2D eigenvalue weighted by Gasteiger charge is -2.34. The van der Waals surface area contributed by atoms with E-state index in [1.807, 2.05) is 30.0 Å². The van der Waals surface area contributed by atoms with Crippen LogP contribution in [-0.4, -0.2) is 39.9 Å². The Kier molecular flexibility index (Phi) is 8.09. The number of pyridine rings is 1. The molecule has 1 aliphatic rings. The van der Waals surface area contributed by atoms with Gasteiger partial charge in [-0.1, -0.05) is 6.07 Å². The minimum absolute atomic E-state index is 0. The van der Waals surface area contributed by atoms with E-state index in [1.165, 1.54) is 11.3 Å². The van der Waals surface area contributed by atoms with Gasteiger partial charge < -0.3 is 10.6 Å². The van der Waals surface area contributed by atoms with E-state index in [4.69, 9.17) is 5.73 Å². The maximum atomic E-state index is 12.6. The number of likely N-dealkylation sites (tertiary alicyclic amines) is 1. The maximum Gasteiger partial charge on any atom is 0.265 e. The molecule has 1 amide bonds. The molecule has 3 rings (SSSR count). The number of thiazole rings is 1. The topological polar surface area (TPSA) is 72.1 Å². The highest BCUT2D eigenvalue weighted by Crippen LogP contribution is 2.26. The first-order chi connectivity index (χ1) is 10.6. The lowest BCUT2D eigenvalue weighted by molar-refractivity contribution is 0.0665. The van der Waals surface area contributed by atoms with E-state index < -0.39 is 0 Å². The van der Waals surface area contributed by atoms with Crippen molar-refractivity contribution >= 4 is 42.1 Å². The van der Waals surface area contributed by atoms with Gasteiger partial charge in [0.25, 0.3) is 5.91 Å². The molecule has 8 heteroatoms. The summed E-state index contributed by atoms with van der Waals surface area (Å²) in [6.45, 7) is 3.57. The van der Waals surface area contributed by atoms with E-state index in [0.29, 0.717) is 10.8 Å². The van der Waals surface area contributed by atoms with Crippen LogP contribution in [-0.2, 0) is 0 Å². The fraction of sp³-hybridized carbons (Fsp3) is 0.438. The number of halogens is 2. The summed E-state index contributed by atoms with van der Waals surface area (Å²) >= 11 is 1.40. The average molecular weight is 389 g/mol. The van der Waals surface area contributed by atoms with Crippen LogP contribution in [0.25, 0.3) is 10.7 Å². The highest BCUT2D eigenvalue weighted by molar-refractivity contribution is 7.16. The van der Waals surface area contributed by atoms with Crippen LogP contribution >= 0.6 is 36.2 Å². The normalized spacial score (nSPS) is 18.2. The van der Waals surface area contributed by atoms with Crippen molar-refractivity contribution in [2.45, 2.75) is 25.8 Å². The van der Waals surface area contributed by atoms with E-state index in [9.17, 15) is 4.79 Å². The second-order valence-electron chi connectivity index (χ2n) is 5.76. The summed E-state index contributed by atoms with van der Waals surface area (Å²) in [4.78, 5) is 23.8. The molecule has 1 aliphatic heterocycles. The van der Waals surface area contributed by atoms with Crippen molar-refractivity contribution in [2.75, 3.05) is 13.1 Å². The first-order valence-corrected chi connectivity index (χ1v) is 8.39. The first-order valence-electron chi connectivity index (χ1n) is 7.57. The van der Waals surface area contributed by atoms with Crippen molar-refractivity contribution in [3.8, 4) is 10.7 Å². The Morgan fingerprint density at radius 1 is 1.38 bits per heavy atom. The van der Waals surface area contributed by atoms with Crippen LogP contribution in [0, 0.1) is 5.92 Å². The smallest absolute Gasteiger partial charge is 0.265 e. The fourth-order valence-corrected chi connectivity index (χ4v) is 3.62. The molecule has 0 saturated carbocycles. The van der Waals surface area contributed by atoms with Gasteiger partial charge in [0.05, 0.1) is 11.9 Å². The minimum atomic E-state index is 0. The summed E-state index contributed by atoms with van der Waals surface area (Å²) in [7, 11) is 0.